The molecule has 3 rings (SSSR count). The number of aromatic nitrogens is 5. The zero-order chi connectivity index (χ0) is 12.5. The molecule has 0 fully saturated rings. The van der Waals surface area contributed by atoms with Crippen LogP contribution in [-0.2, 0) is 6.54 Å². The van der Waals surface area contributed by atoms with Crippen molar-refractivity contribution in [3.8, 4) is 0 Å². The van der Waals surface area contributed by atoms with Crippen LogP contribution in [0.5, 0.6) is 0 Å². The highest BCUT2D eigenvalue weighted by molar-refractivity contribution is 7.07. The minimum Gasteiger partial charge on any atom is -0.364 e. The largest absolute Gasteiger partial charge is 0.364 e. The van der Waals surface area contributed by atoms with E-state index in [9.17, 15) is 4.79 Å². The molecule has 0 radical (unpaired) electrons. The zero-order valence-electron chi connectivity index (χ0n) is 9.54. The molecule has 92 valence electrons. The van der Waals surface area contributed by atoms with Crippen molar-refractivity contribution in [2.24, 2.45) is 0 Å². The number of nitrogens with zero attached hydrogens (tertiary/aromatic N) is 4. The van der Waals surface area contributed by atoms with Gasteiger partial charge in [0.2, 0.25) is 0 Å². The molecular weight excluding hydrogens is 252 g/mol. The van der Waals surface area contributed by atoms with E-state index in [1.54, 1.807) is 29.8 Å². The minimum absolute atomic E-state index is 0.277. The minimum atomic E-state index is -0.277. The number of thiazole rings is 1. The molecule has 0 amide bonds. The predicted octanol–water partition coefficient (Wildman–Crippen LogP) is 0.795. The van der Waals surface area contributed by atoms with Crippen molar-refractivity contribution < 1.29 is 0 Å². The molecule has 0 aliphatic carbocycles. The normalized spacial score (nSPS) is 10.9. The Balaban J connectivity index is 1.91. The van der Waals surface area contributed by atoms with Gasteiger partial charge in [-0.05, 0) is 6.92 Å². The molecule has 8 heteroatoms. The van der Waals surface area contributed by atoms with Gasteiger partial charge in [0.25, 0.3) is 0 Å². The molecule has 0 spiro atoms. The summed E-state index contributed by atoms with van der Waals surface area (Å²) in [6, 6.07) is 1.72. The maximum Gasteiger partial charge on any atom is 0.349 e. The van der Waals surface area contributed by atoms with Gasteiger partial charge < -0.3 is 5.32 Å². The Labute approximate surface area is 106 Å². The lowest BCUT2D eigenvalue weighted by Gasteiger charge is -2.05. The van der Waals surface area contributed by atoms with Crippen LogP contribution in [0.15, 0.2) is 21.8 Å². The number of rotatable bonds is 3. The fourth-order valence-electron chi connectivity index (χ4n) is 1.69. The van der Waals surface area contributed by atoms with Gasteiger partial charge in [-0.3, -0.25) is 0 Å². The molecule has 0 saturated heterocycles. The summed E-state index contributed by atoms with van der Waals surface area (Å²) in [5.74, 6) is 1.26. The van der Waals surface area contributed by atoms with E-state index >= 15 is 0 Å². The van der Waals surface area contributed by atoms with Gasteiger partial charge in [0, 0.05) is 11.4 Å². The van der Waals surface area contributed by atoms with Crippen molar-refractivity contribution in [2.45, 2.75) is 13.5 Å². The number of hydrogen-bond acceptors (Lipinski definition) is 6. The highest BCUT2D eigenvalue weighted by atomic mass is 32.1. The molecule has 0 atom stereocenters. The second kappa shape index (κ2) is 4.22. The van der Waals surface area contributed by atoms with E-state index in [1.807, 2.05) is 5.38 Å². The second-order valence-corrected chi connectivity index (χ2v) is 4.46. The van der Waals surface area contributed by atoms with Crippen LogP contribution in [0.4, 0.5) is 5.82 Å². The molecule has 18 heavy (non-hydrogen) atoms. The maximum absolute atomic E-state index is 11.4. The molecule has 0 bridgehead atoms. The van der Waals surface area contributed by atoms with Gasteiger partial charge in [-0.2, -0.15) is 5.10 Å². The Morgan fingerprint density at radius 3 is 3.22 bits per heavy atom. The summed E-state index contributed by atoms with van der Waals surface area (Å²) in [4.78, 5) is 19.9. The van der Waals surface area contributed by atoms with Gasteiger partial charge in [0.05, 0.1) is 17.7 Å². The molecular formula is C10H10N6OS. The predicted molar refractivity (Wildman–Crippen MR) is 67.8 cm³/mol. The summed E-state index contributed by atoms with van der Waals surface area (Å²) >= 11 is 1.55. The number of hydrogen-bond donors (Lipinski definition) is 2. The van der Waals surface area contributed by atoms with E-state index in [0.717, 1.165) is 5.69 Å². The van der Waals surface area contributed by atoms with E-state index in [2.05, 4.69) is 25.5 Å². The standard InChI is InChI=1S/C10H10N6OS/c1-6-13-8(11-3-7-4-18-5-12-7)2-9-14-15-10(17)16(6)9/h2,4-5,11H,3H2,1H3,(H,15,17). The highest BCUT2D eigenvalue weighted by Crippen LogP contribution is 2.09. The van der Waals surface area contributed by atoms with Gasteiger partial charge in [0.15, 0.2) is 5.65 Å². The summed E-state index contributed by atoms with van der Waals surface area (Å²) < 4.78 is 1.42. The summed E-state index contributed by atoms with van der Waals surface area (Å²) in [6.07, 6.45) is 0. The van der Waals surface area contributed by atoms with E-state index in [-0.39, 0.29) is 5.69 Å². The Morgan fingerprint density at radius 1 is 1.56 bits per heavy atom. The van der Waals surface area contributed by atoms with Crippen LogP contribution in [0.2, 0.25) is 0 Å². The number of nitrogens with one attached hydrogen (secondary N) is 2. The smallest absolute Gasteiger partial charge is 0.349 e. The Bertz CT molecular complexity index is 728. The quantitative estimate of drug-likeness (QED) is 0.728. The topological polar surface area (TPSA) is 88.0 Å². The van der Waals surface area contributed by atoms with E-state index < -0.39 is 0 Å². The van der Waals surface area contributed by atoms with Crippen molar-refractivity contribution in [1.29, 1.82) is 0 Å². The molecule has 0 aliphatic heterocycles. The van der Waals surface area contributed by atoms with Gasteiger partial charge in [-0.25, -0.2) is 24.3 Å². The molecule has 3 heterocycles. The molecule has 0 saturated carbocycles. The highest BCUT2D eigenvalue weighted by Gasteiger charge is 2.06. The monoisotopic (exact) mass is 262 g/mol. The maximum atomic E-state index is 11.4. The average molecular weight is 262 g/mol. The Kier molecular flexibility index (Phi) is 2.56. The van der Waals surface area contributed by atoms with Crippen LogP contribution >= 0.6 is 11.3 Å². The van der Waals surface area contributed by atoms with Gasteiger partial charge in [0.1, 0.15) is 11.6 Å². The van der Waals surface area contributed by atoms with E-state index in [1.165, 1.54) is 4.40 Å². The van der Waals surface area contributed by atoms with Crippen molar-refractivity contribution >= 4 is 22.8 Å². The third kappa shape index (κ3) is 1.86. The fourth-order valence-corrected chi connectivity index (χ4v) is 2.25. The van der Waals surface area contributed by atoms with Crippen molar-refractivity contribution in [1.82, 2.24) is 24.6 Å². The van der Waals surface area contributed by atoms with Crippen LogP contribution in [0.25, 0.3) is 5.65 Å². The lowest BCUT2D eigenvalue weighted by Crippen LogP contribution is -2.14. The first-order chi connectivity index (χ1) is 8.74. The van der Waals surface area contributed by atoms with Crippen LogP contribution in [0, 0.1) is 6.92 Å². The lowest BCUT2D eigenvalue weighted by molar-refractivity contribution is 0.929. The number of anilines is 1. The van der Waals surface area contributed by atoms with Crippen molar-refractivity contribution in [3.63, 3.8) is 0 Å². The molecule has 0 aliphatic rings. The second-order valence-electron chi connectivity index (χ2n) is 3.74. The molecule has 0 aromatic carbocycles. The van der Waals surface area contributed by atoms with Gasteiger partial charge >= 0.3 is 5.69 Å². The first kappa shape index (κ1) is 10.9. The summed E-state index contributed by atoms with van der Waals surface area (Å²) in [6.45, 7) is 2.36. The average Bonchev–Trinajstić information content (AvgIpc) is 2.97. The first-order valence-corrected chi connectivity index (χ1v) is 6.24. The van der Waals surface area contributed by atoms with E-state index in [0.29, 0.717) is 23.8 Å². The van der Waals surface area contributed by atoms with Crippen LogP contribution in [0.3, 0.4) is 0 Å². The fraction of sp³-hybridized carbons (Fsp3) is 0.200. The van der Waals surface area contributed by atoms with Gasteiger partial charge in [-0.15, -0.1) is 11.3 Å². The number of aryl methyl sites for hydroxylation is 1. The summed E-state index contributed by atoms with van der Waals surface area (Å²) in [7, 11) is 0. The first-order valence-electron chi connectivity index (χ1n) is 5.30. The Morgan fingerprint density at radius 2 is 2.44 bits per heavy atom. The molecule has 7 nitrogen and oxygen atoms in total. The molecule has 2 N–H and O–H groups in total. The molecule has 0 unspecified atom stereocenters. The summed E-state index contributed by atoms with van der Waals surface area (Å²) in [5.41, 5.74) is 3.01. The SMILES string of the molecule is Cc1nc(NCc2cscn2)cc2n[nH]c(=O)n12. The van der Waals surface area contributed by atoms with Crippen LogP contribution in [-0.4, -0.2) is 24.6 Å². The number of fused-ring (bicyclic) bond motifs is 1. The number of aromatic amines is 1. The lowest BCUT2D eigenvalue weighted by atomic mass is 10.4. The third-order valence-electron chi connectivity index (χ3n) is 2.50. The molecule has 3 aromatic rings. The van der Waals surface area contributed by atoms with Crippen molar-refractivity contribution in [2.75, 3.05) is 5.32 Å². The Hall–Kier alpha value is -2.22. The zero-order valence-corrected chi connectivity index (χ0v) is 10.4. The van der Waals surface area contributed by atoms with E-state index in [4.69, 9.17) is 0 Å². The summed E-state index contributed by atoms with van der Waals surface area (Å²) in [5, 5.41) is 11.4. The van der Waals surface area contributed by atoms with Gasteiger partial charge in [-0.1, -0.05) is 0 Å². The van der Waals surface area contributed by atoms with Crippen LogP contribution < -0.4 is 11.0 Å². The van der Waals surface area contributed by atoms with Crippen molar-refractivity contribution in [3.05, 3.63) is 39.0 Å². The third-order valence-corrected chi connectivity index (χ3v) is 3.14. The number of H-pyrrole nitrogens is 1. The molecule has 3 aromatic heterocycles. The van der Waals surface area contributed by atoms with Crippen LogP contribution in [0.1, 0.15) is 11.5 Å².